The highest BCUT2D eigenvalue weighted by atomic mass is 15.6. The van der Waals surface area contributed by atoms with E-state index in [1.807, 2.05) is 6.34 Å². The van der Waals surface area contributed by atoms with Gasteiger partial charge in [-0.25, -0.2) is 5.01 Å². The first-order chi connectivity index (χ1) is 13.2. The van der Waals surface area contributed by atoms with Crippen LogP contribution in [0.5, 0.6) is 0 Å². The summed E-state index contributed by atoms with van der Waals surface area (Å²) in [5, 5.41) is 9.17. The first-order valence-corrected chi connectivity index (χ1v) is 9.38. The molecule has 0 bridgehead atoms. The van der Waals surface area contributed by atoms with Gasteiger partial charge >= 0.3 is 0 Å². The second-order valence-electron chi connectivity index (χ2n) is 7.27. The van der Waals surface area contributed by atoms with Gasteiger partial charge in [0.15, 0.2) is 0 Å². The van der Waals surface area contributed by atoms with E-state index in [9.17, 15) is 0 Å². The highest BCUT2D eigenvalue weighted by Gasteiger charge is 2.19. The summed E-state index contributed by atoms with van der Waals surface area (Å²) in [4.78, 5) is 2.23. The van der Waals surface area contributed by atoms with Crippen LogP contribution in [-0.4, -0.2) is 28.5 Å². The lowest BCUT2D eigenvalue weighted by molar-refractivity contribution is 0.381. The Balaban J connectivity index is 1.68. The Kier molecular flexibility index (Phi) is 3.64. The van der Waals surface area contributed by atoms with Gasteiger partial charge in [0.25, 0.3) is 0 Å². The Morgan fingerprint density at radius 3 is 2.30 bits per heavy atom. The molecule has 0 aliphatic carbocycles. The van der Waals surface area contributed by atoms with Gasteiger partial charge in [-0.1, -0.05) is 36.4 Å². The lowest BCUT2D eigenvalue weighted by atomic mass is 10.1. The van der Waals surface area contributed by atoms with Gasteiger partial charge in [-0.15, -0.1) is 0 Å². The van der Waals surface area contributed by atoms with Crippen LogP contribution in [-0.2, 0) is 0 Å². The first-order valence-electron chi connectivity index (χ1n) is 9.38. The smallest absolute Gasteiger partial charge is 0.113 e. The zero-order valence-electron chi connectivity index (χ0n) is 15.6. The molecule has 1 aliphatic heterocycles. The summed E-state index contributed by atoms with van der Waals surface area (Å²) in [6.07, 6.45) is 1.93. The standard InChI is InChI=1S/C23H22N4/c1-17(2)25-15-24-26(16-25)19-12-13-23-21(14-19)20-10-6-7-11-22(20)27(23)18-8-4-3-5-9-18/h3-15,17H,16H2,1-2H3. The molecule has 4 nitrogen and oxygen atoms in total. The fraction of sp³-hybridized carbons (Fsp3) is 0.174. The molecule has 2 heterocycles. The van der Waals surface area contributed by atoms with Gasteiger partial charge < -0.3 is 9.47 Å². The number of hydrazone groups is 1. The van der Waals surface area contributed by atoms with Crippen LogP contribution in [0.15, 0.2) is 77.9 Å². The van der Waals surface area contributed by atoms with E-state index in [2.05, 4.69) is 106 Å². The zero-order chi connectivity index (χ0) is 18.4. The summed E-state index contributed by atoms with van der Waals surface area (Å²) in [5.74, 6) is 0. The molecule has 134 valence electrons. The van der Waals surface area contributed by atoms with Crippen molar-refractivity contribution in [3.63, 3.8) is 0 Å². The monoisotopic (exact) mass is 354 g/mol. The predicted octanol–water partition coefficient (Wildman–Crippen LogP) is 5.21. The SMILES string of the molecule is CC(C)N1C=NN(c2ccc3c(c2)c2ccccc2n3-c2ccccc2)C1. The third-order valence-electron chi connectivity index (χ3n) is 5.27. The summed E-state index contributed by atoms with van der Waals surface area (Å²) in [6.45, 7) is 5.17. The fourth-order valence-corrected chi connectivity index (χ4v) is 3.78. The number of hydrogen-bond acceptors (Lipinski definition) is 3. The molecule has 0 unspecified atom stereocenters. The molecule has 0 amide bonds. The van der Waals surface area contributed by atoms with Crippen molar-refractivity contribution in [3.8, 4) is 5.69 Å². The van der Waals surface area contributed by atoms with E-state index in [0.29, 0.717) is 6.04 Å². The van der Waals surface area contributed by atoms with Crippen molar-refractivity contribution in [3.05, 3.63) is 72.8 Å². The Labute approximate surface area is 158 Å². The summed E-state index contributed by atoms with van der Waals surface area (Å²) in [7, 11) is 0. The zero-order valence-corrected chi connectivity index (χ0v) is 15.6. The molecular formula is C23H22N4. The lowest BCUT2D eigenvalue weighted by Gasteiger charge is -2.22. The van der Waals surface area contributed by atoms with Crippen LogP contribution in [0.1, 0.15) is 13.8 Å². The molecule has 3 aromatic carbocycles. The second-order valence-corrected chi connectivity index (χ2v) is 7.27. The molecule has 0 atom stereocenters. The van der Waals surface area contributed by atoms with Gasteiger partial charge in [-0.3, -0.25) is 0 Å². The van der Waals surface area contributed by atoms with Crippen molar-refractivity contribution in [2.45, 2.75) is 19.9 Å². The third-order valence-corrected chi connectivity index (χ3v) is 5.27. The minimum atomic E-state index is 0.447. The molecule has 4 heteroatoms. The van der Waals surface area contributed by atoms with Crippen LogP contribution < -0.4 is 5.01 Å². The van der Waals surface area contributed by atoms with E-state index < -0.39 is 0 Å². The van der Waals surface area contributed by atoms with Crippen LogP contribution in [0.4, 0.5) is 5.69 Å². The summed E-state index contributed by atoms with van der Waals surface area (Å²) in [5.41, 5.74) is 4.75. The van der Waals surface area contributed by atoms with Crippen molar-refractivity contribution in [1.82, 2.24) is 9.47 Å². The Morgan fingerprint density at radius 1 is 0.778 bits per heavy atom. The maximum atomic E-state index is 4.59. The maximum absolute atomic E-state index is 4.59. The molecule has 0 saturated carbocycles. The molecule has 4 aromatic rings. The van der Waals surface area contributed by atoms with E-state index in [1.54, 1.807) is 0 Å². The average molecular weight is 354 g/mol. The van der Waals surface area contributed by atoms with E-state index in [1.165, 1.54) is 27.5 Å². The molecule has 1 aliphatic rings. The lowest BCUT2D eigenvalue weighted by Crippen LogP contribution is -2.32. The van der Waals surface area contributed by atoms with Gasteiger partial charge in [0.2, 0.25) is 0 Å². The summed E-state index contributed by atoms with van der Waals surface area (Å²) in [6, 6.07) is 26.2. The minimum absolute atomic E-state index is 0.447. The number of rotatable bonds is 3. The van der Waals surface area contributed by atoms with Gasteiger partial charge in [-0.05, 0) is 50.2 Å². The minimum Gasteiger partial charge on any atom is -0.339 e. The van der Waals surface area contributed by atoms with Gasteiger partial charge in [0.05, 0.1) is 16.7 Å². The second kappa shape index (κ2) is 6.16. The molecule has 27 heavy (non-hydrogen) atoms. The van der Waals surface area contributed by atoms with Crippen molar-refractivity contribution in [1.29, 1.82) is 0 Å². The number of aromatic nitrogens is 1. The number of para-hydroxylation sites is 2. The Bertz CT molecular complexity index is 1140. The molecule has 0 fully saturated rings. The van der Waals surface area contributed by atoms with Crippen LogP contribution in [0.25, 0.3) is 27.5 Å². The molecule has 0 spiro atoms. The van der Waals surface area contributed by atoms with Crippen LogP contribution in [0.3, 0.4) is 0 Å². The van der Waals surface area contributed by atoms with E-state index >= 15 is 0 Å². The van der Waals surface area contributed by atoms with Crippen molar-refractivity contribution >= 4 is 33.8 Å². The highest BCUT2D eigenvalue weighted by Crippen LogP contribution is 2.34. The fourth-order valence-electron chi connectivity index (χ4n) is 3.78. The largest absolute Gasteiger partial charge is 0.339 e. The van der Waals surface area contributed by atoms with Gasteiger partial charge in [0, 0.05) is 22.5 Å². The summed E-state index contributed by atoms with van der Waals surface area (Å²) >= 11 is 0. The summed E-state index contributed by atoms with van der Waals surface area (Å²) < 4.78 is 2.34. The molecule has 0 saturated heterocycles. The number of benzene rings is 3. The molecule has 0 radical (unpaired) electrons. The highest BCUT2D eigenvalue weighted by molar-refractivity contribution is 6.10. The van der Waals surface area contributed by atoms with Gasteiger partial charge in [0.1, 0.15) is 13.0 Å². The third kappa shape index (κ3) is 2.56. The van der Waals surface area contributed by atoms with E-state index in [-0.39, 0.29) is 0 Å². The number of nitrogens with zero attached hydrogens (tertiary/aromatic N) is 4. The number of hydrogen-bond donors (Lipinski definition) is 0. The molecule has 0 N–H and O–H groups in total. The quantitative estimate of drug-likeness (QED) is 0.504. The average Bonchev–Trinajstić information content (AvgIpc) is 3.32. The normalized spacial score (nSPS) is 14.2. The van der Waals surface area contributed by atoms with Crippen molar-refractivity contribution in [2.75, 3.05) is 11.7 Å². The van der Waals surface area contributed by atoms with Crippen molar-refractivity contribution in [2.24, 2.45) is 5.10 Å². The van der Waals surface area contributed by atoms with Crippen LogP contribution >= 0.6 is 0 Å². The maximum Gasteiger partial charge on any atom is 0.113 e. The molecule has 5 rings (SSSR count). The van der Waals surface area contributed by atoms with E-state index in [0.717, 1.165) is 12.4 Å². The topological polar surface area (TPSA) is 23.8 Å². The first kappa shape index (κ1) is 15.9. The van der Waals surface area contributed by atoms with Gasteiger partial charge in [-0.2, -0.15) is 5.10 Å². The molecular weight excluding hydrogens is 332 g/mol. The van der Waals surface area contributed by atoms with Crippen molar-refractivity contribution < 1.29 is 0 Å². The van der Waals surface area contributed by atoms with Crippen LogP contribution in [0, 0.1) is 0 Å². The number of fused-ring (bicyclic) bond motifs is 3. The Morgan fingerprint density at radius 2 is 1.52 bits per heavy atom. The predicted molar refractivity (Wildman–Crippen MR) is 114 cm³/mol. The Hall–Kier alpha value is -3.27. The molecule has 1 aromatic heterocycles. The van der Waals surface area contributed by atoms with E-state index in [4.69, 9.17) is 0 Å². The van der Waals surface area contributed by atoms with Crippen LogP contribution in [0.2, 0.25) is 0 Å². The number of anilines is 1.